The van der Waals surface area contributed by atoms with Crippen LogP contribution in [0.1, 0.15) is 23.5 Å². The number of carbonyl (C=O) groups is 1. The average molecular weight is 390 g/mol. The molecule has 0 aliphatic heterocycles. The molecule has 142 valence electrons. The van der Waals surface area contributed by atoms with E-state index in [1.54, 1.807) is 18.2 Å². The highest BCUT2D eigenvalue weighted by atomic mass is 32.1. The molecule has 2 N–H and O–H groups in total. The summed E-state index contributed by atoms with van der Waals surface area (Å²) >= 11 is 1.01. The summed E-state index contributed by atoms with van der Waals surface area (Å²) in [5.41, 5.74) is 2.14. The number of methoxy groups -OCH3 is 3. The summed E-state index contributed by atoms with van der Waals surface area (Å²) in [6.45, 7) is 0. The van der Waals surface area contributed by atoms with Gasteiger partial charge in [0.1, 0.15) is 16.8 Å². The molecule has 1 heterocycles. The minimum Gasteiger partial charge on any atom is -0.508 e. The Labute approximate surface area is 159 Å². The van der Waals surface area contributed by atoms with Crippen molar-refractivity contribution in [1.29, 1.82) is 0 Å². The zero-order valence-corrected chi connectivity index (χ0v) is 15.7. The molecular formula is C18H18N2O6S. The molecule has 0 radical (unpaired) electrons. The van der Waals surface area contributed by atoms with Gasteiger partial charge in [0.2, 0.25) is 5.75 Å². The Kier molecular flexibility index (Phi) is 5.31. The number of carbonyl (C=O) groups excluding carboxylic acids is 1. The Morgan fingerprint density at radius 3 is 2.37 bits per heavy atom. The standard InChI is InChI=1S/C18H18N2O6S/c1-24-13-6-9(7-14(25-2)18(13)23)10(8-15(22)26-3)16-12(21)5-4-11-17(16)20-27-19-11/h4-7,10,21,23H,8H2,1-3H3. The van der Waals surface area contributed by atoms with E-state index in [4.69, 9.17) is 14.2 Å². The highest BCUT2D eigenvalue weighted by Gasteiger charge is 2.27. The van der Waals surface area contributed by atoms with Gasteiger partial charge in [-0.15, -0.1) is 0 Å². The smallest absolute Gasteiger partial charge is 0.306 e. The summed E-state index contributed by atoms with van der Waals surface area (Å²) in [6.07, 6.45) is -0.0578. The first-order valence-electron chi connectivity index (χ1n) is 7.96. The molecule has 0 amide bonds. The number of aromatic hydroxyl groups is 2. The molecule has 1 aromatic heterocycles. The SMILES string of the molecule is COC(=O)CC(c1cc(OC)c(O)c(OC)c1)c1c(O)ccc2nsnc12. The van der Waals surface area contributed by atoms with E-state index < -0.39 is 11.9 Å². The molecule has 9 heteroatoms. The van der Waals surface area contributed by atoms with Crippen LogP contribution in [0.3, 0.4) is 0 Å². The molecule has 1 atom stereocenters. The van der Waals surface area contributed by atoms with Gasteiger partial charge in [-0.1, -0.05) is 0 Å². The van der Waals surface area contributed by atoms with Crippen LogP contribution in [0.15, 0.2) is 24.3 Å². The molecule has 0 spiro atoms. The Bertz CT molecular complexity index is 962. The van der Waals surface area contributed by atoms with Crippen LogP contribution in [0.4, 0.5) is 0 Å². The van der Waals surface area contributed by atoms with Crippen LogP contribution < -0.4 is 9.47 Å². The molecule has 3 rings (SSSR count). The molecule has 8 nitrogen and oxygen atoms in total. The number of ether oxygens (including phenoxy) is 3. The zero-order valence-electron chi connectivity index (χ0n) is 14.9. The Balaban J connectivity index is 2.25. The second-order valence-electron chi connectivity index (χ2n) is 5.74. The van der Waals surface area contributed by atoms with Gasteiger partial charge < -0.3 is 24.4 Å². The number of hydrogen-bond donors (Lipinski definition) is 2. The summed E-state index contributed by atoms with van der Waals surface area (Å²) in [5, 5.41) is 20.7. The van der Waals surface area contributed by atoms with Crippen LogP contribution in [-0.2, 0) is 9.53 Å². The van der Waals surface area contributed by atoms with Gasteiger partial charge in [-0.3, -0.25) is 4.79 Å². The van der Waals surface area contributed by atoms with Crippen LogP contribution in [0.2, 0.25) is 0 Å². The topological polar surface area (TPSA) is 111 Å². The van der Waals surface area contributed by atoms with Gasteiger partial charge in [0, 0.05) is 11.5 Å². The molecular weight excluding hydrogens is 372 g/mol. The second-order valence-corrected chi connectivity index (χ2v) is 6.27. The average Bonchev–Trinajstić information content (AvgIpc) is 3.15. The van der Waals surface area contributed by atoms with Crippen molar-refractivity contribution in [2.75, 3.05) is 21.3 Å². The Morgan fingerprint density at radius 2 is 1.78 bits per heavy atom. The van der Waals surface area contributed by atoms with Crippen molar-refractivity contribution >= 4 is 28.7 Å². The van der Waals surface area contributed by atoms with Crippen LogP contribution in [0, 0.1) is 0 Å². The number of fused-ring (bicyclic) bond motifs is 1. The summed E-state index contributed by atoms with van der Waals surface area (Å²) < 4.78 is 23.7. The third-order valence-electron chi connectivity index (χ3n) is 4.30. The molecule has 0 saturated carbocycles. The van der Waals surface area contributed by atoms with Gasteiger partial charge >= 0.3 is 5.97 Å². The van der Waals surface area contributed by atoms with Crippen molar-refractivity contribution in [2.45, 2.75) is 12.3 Å². The van der Waals surface area contributed by atoms with Crippen molar-refractivity contribution < 1.29 is 29.2 Å². The molecule has 0 aliphatic carbocycles. The fourth-order valence-electron chi connectivity index (χ4n) is 2.96. The van der Waals surface area contributed by atoms with Gasteiger partial charge in [0.05, 0.1) is 39.5 Å². The number of phenolic OH excluding ortho intramolecular Hbond substituents is 2. The van der Waals surface area contributed by atoms with E-state index in [1.165, 1.54) is 27.4 Å². The lowest BCUT2D eigenvalue weighted by Gasteiger charge is -2.20. The number of aromatic nitrogens is 2. The fourth-order valence-corrected chi connectivity index (χ4v) is 3.51. The lowest BCUT2D eigenvalue weighted by Crippen LogP contribution is -2.11. The quantitative estimate of drug-likeness (QED) is 0.618. The Hall–Kier alpha value is -3.07. The summed E-state index contributed by atoms with van der Waals surface area (Å²) in [5.74, 6) is -0.892. The maximum Gasteiger partial charge on any atom is 0.306 e. The highest BCUT2D eigenvalue weighted by molar-refractivity contribution is 7.00. The van der Waals surface area contributed by atoms with Gasteiger partial charge in [-0.05, 0) is 29.8 Å². The lowest BCUT2D eigenvalue weighted by atomic mass is 9.86. The molecule has 2 aromatic carbocycles. The first kappa shape index (κ1) is 18.7. The van der Waals surface area contributed by atoms with E-state index in [-0.39, 0.29) is 29.4 Å². The highest BCUT2D eigenvalue weighted by Crippen LogP contribution is 2.44. The van der Waals surface area contributed by atoms with Gasteiger partial charge in [-0.25, -0.2) is 0 Å². The molecule has 0 aliphatic rings. The molecule has 0 saturated heterocycles. The molecule has 27 heavy (non-hydrogen) atoms. The maximum atomic E-state index is 12.1. The second kappa shape index (κ2) is 7.67. The zero-order chi connectivity index (χ0) is 19.6. The molecule has 1 unspecified atom stereocenters. The van der Waals surface area contributed by atoms with E-state index in [2.05, 4.69) is 8.75 Å². The summed E-state index contributed by atoms with van der Waals surface area (Å²) in [6, 6.07) is 6.34. The van der Waals surface area contributed by atoms with Crippen molar-refractivity contribution in [2.24, 2.45) is 0 Å². The number of rotatable bonds is 6. The predicted molar refractivity (Wildman–Crippen MR) is 98.8 cm³/mol. The maximum absolute atomic E-state index is 12.1. The van der Waals surface area contributed by atoms with Crippen LogP contribution in [-0.4, -0.2) is 46.3 Å². The van der Waals surface area contributed by atoms with E-state index in [0.29, 0.717) is 22.2 Å². The number of phenols is 2. The van der Waals surface area contributed by atoms with E-state index >= 15 is 0 Å². The van der Waals surface area contributed by atoms with Gasteiger partial charge in [0.25, 0.3) is 0 Å². The van der Waals surface area contributed by atoms with Gasteiger partial charge in [-0.2, -0.15) is 8.75 Å². The summed E-state index contributed by atoms with van der Waals surface area (Å²) in [7, 11) is 4.12. The minimum absolute atomic E-state index is 0.0184. The van der Waals surface area contributed by atoms with Crippen molar-refractivity contribution in [3.63, 3.8) is 0 Å². The number of hydrogen-bond acceptors (Lipinski definition) is 9. The minimum atomic E-state index is -0.617. The van der Waals surface area contributed by atoms with Gasteiger partial charge in [0.15, 0.2) is 11.5 Å². The first-order valence-corrected chi connectivity index (χ1v) is 8.69. The molecule has 0 bridgehead atoms. The monoisotopic (exact) mass is 390 g/mol. The summed E-state index contributed by atoms with van der Waals surface area (Å²) in [4.78, 5) is 12.1. The predicted octanol–water partition coefficient (Wildman–Crippen LogP) is 2.81. The molecule has 0 fully saturated rings. The van der Waals surface area contributed by atoms with Crippen LogP contribution in [0.25, 0.3) is 11.0 Å². The fraction of sp³-hybridized carbons (Fsp3) is 0.278. The number of nitrogens with zero attached hydrogens (tertiary/aromatic N) is 2. The lowest BCUT2D eigenvalue weighted by molar-refractivity contribution is -0.140. The number of esters is 1. The third-order valence-corrected chi connectivity index (χ3v) is 4.84. The van der Waals surface area contributed by atoms with Crippen LogP contribution in [0.5, 0.6) is 23.0 Å². The first-order chi connectivity index (χ1) is 13.0. The van der Waals surface area contributed by atoms with Crippen molar-refractivity contribution in [3.8, 4) is 23.0 Å². The van der Waals surface area contributed by atoms with Crippen LogP contribution >= 0.6 is 11.7 Å². The Morgan fingerprint density at radius 1 is 1.11 bits per heavy atom. The normalized spacial score (nSPS) is 12.0. The van der Waals surface area contributed by atoms with Crippen molar-refractivity contribution in [3.05, 3.63) is 35.4 Å². The van der Waals surface area contributed by atoms with E-state index in [0.717, 1.165) is 11.7 Å². The third kappa shape index (κ3) is 3.45. The number of benzene rings is 2. The largest absolute Gasteiger partial charge is 0.508 e. The van der Waals surface area contributed by atoms with E-state index in [1.807, 2.05) is 0 Å². The molecule has 3 aromatic rings. The van der Waals surface area contributed by atoms with Crippen molar-refractivity contribution in [1.82, 2.24) is 8.75 Å². The van der Waals surface area contributed by atoms with E-state index in [9.17, 15) is 15.0 Å².